The van der Waals surface area contributed by atoms with Gasteiger partial charge in [-0.05, 0) is 31.0 Å². The molecule has 4 rings (SSSR count). The first-order chi connectivity index (χ1) is 14.0. The molecule has 1 atom stereocenters. The molecule has 0 spiro atoms. The van der Waals surface area contributed by atoms with Gasteiger partial charge in [0.2, 0.25) is 5.89 Å². The molecule has 150 valence electrons. The summed E-state index contributed by atoms with van der Waals surface area (Å²) < 4.78 is 20.1. The molecule has 3 heterocycles. The van der Waals surface area contributed by atoms with Crippen LogP contribution < -0.4 is 5.56 Å². The van der Waals surface area contributed by atoms with Crippen LogP contribution in [0.4, 0.5) is 4.39 Å². The van der Waals surface area contributed by atoms with Crippen LogP contribution in [0.5, 0.6) is 0 Å². The van der Waals surface area contributed by atoms with Crippen LogP contribution >= 0.6 is 23.1 Å². The van der Waals surface area contributed by atoms with Crippen LogP contribution in [0, 0.1) is 5.82 Å². The standard InChI is InChI=1S/C20H19FN4O2S2/c1-4-5-15-22-17(27-24-15)11(2)29-20-23-18-16(19(26)25(20)3)14(10-28-18)12-6-8-13(21)9-7-12/h6-11H,4-5H2,1-3H3. The minimum absolute atomic E-state index is 0.137. The SMILES string of the molecule is CCCc1noc(C(C)Sc2nc3scc(-c4ccc(F)cc4)c3c(=O)n2C)n1. The number of hydrogen-bond acceptors (Lipinski definition) is 7. The van der Waals surface area contributed by atoms with E-state index in [9.17, 15) is 9.18 Å². The number of thioether (sulfide) groups is 1. The van der Waals surface area contributed by atoms with E-state index in [0.29, 0.717) is 27.1 Å². The monoisotopic (exact) mass is 430 g/mol. The van der Waals surface area contributed by atoms with Crippen molar-refractivity contribution in [2.75, 3.05) is 0 Å². The molecule has 1 aromatic carbocycles. The Morgan fingerprint density at radius 2 is 2.03 bits per heavy atom. The molecule has 0 fully saturated rings. The first kappa shape index (κ1) is 19.8. The Bertz CT molecular complexity index is 1210. The minimum atomic E-state index is -0.310. The maximum absolute atomic E-state index is 13.2. The second-order valence-corrected chi connectivity index (χ2v) is 8.82. The molecule has 6 nitrogen and oxygen atoms in total. The van der Waals surface area contributed by atoms with Gasteiger partial charge >= 0.3 is 0 Å². The van der Waals surface area contributed by atoms with Gasteiger partial charge in [0.25, 0.3) is 5.56 Å². The molecule has 0 aliphatic heterocycles. The van der Waals surface area contributed by atoms with Crippen molar-refractivity contribution in [3.05, 3.63) is 57.5 Å². The zero-order valence-corrected chi connectivity index (χ0v) is 17.8. The Morgan fingerprint density at radius 3 is 2.76 bits per heavy atom. The van der Waals surface area contributed by atoms with Gasteiger partial charge in [-0.15, -0.1) is 11.3 Å². The number of halogens is 1. The molecule has 3 aromatic heterocycles. The molecule has 0 N–H and O–H groups in total. The van der Waals surface area contributed by atoms with Crippen molar-refractivity contribution in [3.63, 3.8) is 0 Å². The molecular formula is C20H19FN4O2S2. The first-order valence-electron chi connectivity index (χ1n) is 9.21. The largest absolute Gasteiger partial charge is 0.338 e. The summed E-state index contributed by atoms with van der Waals surface area (Å²) in [6.07, 6.45) is 1.72. The molecule has 4 aromatic rings. The second-order valence-electron chi connectivity index (χ2n) is 6.65. The lowest BCUT2D eigenvalue weighted by Crippen LogP contribution is -2.20. The number of benzene rings is 1. The Hall–Kier alpha value is -2.52. The van der Waals surface area contributed by atoms with Gasteiger partial charge in [0, 0.05) is 24.4 Å². The van der Waals surface area contributed by atoms with Crippen LogP contribution in [0.2, 0.25) is 0 Å². The van der Waals surface area contributed by atoms with Gasteiger partial charge in [0.05, 0.1) is 10.6 Å². The molecule has 1 unspecified atom stereocenters. The van der Waals surface area contributed by atoms with E-state index in [1.165, 1.54) is 39.8 Å². The molecule has 0 amide bonds. The summed E-state index contributed by atoms with van der Waals surface area (Å²) in [5.41, 5.74) is 1.42. The highest BCUT2D eigenvalue weighted by molar-refractivity contribution is 7.99. The third-order valence-electron chi connectivity index (χ3n) is 4.52. The van der Waals surface area contributed by atoms with Crippen molar-refractivity contribution in [2.24, 2.45) is 7.05 Å². The second kappa shape index (κ2) is 8.08. The maximum atomic E-state index is 13.2. The van der Waals surface area contributed by atoms with Crippen LogP contribution in [0.15, 0.2) is 44.1 Å². The summed E-state index contributed by atoms with van der Waals surface area (Å²) in [5, 5.41) is 6.86. The molecule has 0 bridgehead atoms. The average Bonchev–Trinajstić information content (AvgIpc) is 3.34. The van der Waals surface area contributed by atoms with Gasteiger partial charge in [-0.3, -0.25) is 9.36 Å². The highest BCUT2D eigenvalue weighted by atomic mass is 32.2. The zero-order chi connectivity index (χ0) is 20.5. The zero-order valence-electron chi connectivity index (χ0n) is 16.2. The highest BCUT2D eigenvalue weighted by Crippen LogP contribution is 2.36. The Balaban J connectivity index is 1.68. The first-order valence-corrected chi connectivity index (χ1v) is 11.0. The molecular weight excluding hydrogens is 411 g/mol. The lowest BCUT2D eigenvalue weighted by atomic mass is 10.1. The van der Waals surface area contributed by atoms with E-state index in [2.05, 4.69) is 22.0 Å². The summed E-state index contributed by atoms with van der Waals surface area (Å²) in [6.45, 7) is 4.01. The molecule has 0 saturated heterocycles. The summed E-state index contributed by atoms with van der Waals surface area (Å²) in [7, 11) is 1.70. The molecule has 29 heavy (non-hydrogen) atoms. The third-order valence-corrected chi connectivity index (χ3v) is 6.52. The van der Waals surface area contributed by atoms with Gasteiger partial charge in [0.15, 0.2) is 11.0 Å². The Labute approximate surface area is 174 Å². The average molecular weight is 431 g/mol. The van der Waals surface area contributed by atoms with Crippen molar-refractivity contribution < 1.29 is 8.91 Å². The van der Waals surface area contributed by atoms with Crippen molar-refractivity contribution in [3.8, 4) is 11.1 Å². The maximum Gasteiger partial charge on any atom is 0.263 e. The van der Waals surface area contributed by atoms with E-state index < -0.39 is 0 Å². The normalized spacial score (nSPS) is 12.6. The van der Waals surface area contributed by atoms with E-state index in [1.54, 1.807) is 19.2 Å². The van der Waals surface area contributed by atoms with Crippen LogP contribution in [-0.2, 0) is 13.5 Å². The lowest BCUT2D eigenvalue weighted by Gasteiger charge is -2.10. The fourth-order valence-corrected chi connectivity index (χ4v) is 4.86. The van der Waals surface area contributed by atoms with Gasteiger partial charge in [-0.25, -0.2) is 9.37 Å². The number of hydrogen-bond donors (Lipinski definition) is 0. The number of fused-ring (bicyclic) bond motifs is 1. The van der Waals surface area contributed by atoms with E-state index >= 15 is 0 Å². The summed E-state index contributed by atoms with van der Waals surface area (Å²) in [6, 6.07) is 6.12. The number of aromatic nitrogens is 4. The van der Waals surface area contributed by atoms with Crippen LogP contribution in [0.1, 0.15) is 37.2 Å². The Morgan fingerprint density at radius 1 is 1.28 bits per heavy atom. The molecule has 0 aliphatic rings. The lowest BCUT2D eigenvalue weighted by molar-refractivity contribution is 0.374. The van der Waals surface area contributed by atoms with Crippen molar-refractivity contribution in [2.45, 2.75) is 37.1 Å². The molecule has 0 radical (unpaired) electrons. The fourth-order valence-electron chi connectivity index (χ4n) is 2.97. The van der Waals surface area contributed by atoms with E-state index in [4.69, 9.17) is 4.52 Å². The van der Waals surface area contributed by atoms with Crippen LogP contribution in [0.3, 0.4) is 0 Å². The van der Waals surface area contributed by atoms with E-state index in [0.717, 1.165) is 24.0 Å². The predicted molar refractivity (Wildman–Crippen MR) is 113 cm³/mol. The topological polar surface area (TPSA) is 73.8 Å². The molecule has 0 aliphatic carbocycles. The summed E-state index contributed by atoms with van der Waals surface area (Å²) in [4.78, 5) is 22.8. The van der Waals surface area contributed by atoms with E-state index in [-0.39, 0.29) is 16.6 Å². The molecule has 9 heteroatoms. The van der Waals surface area contributed by atoms with Gasteiger partial charge in [0.1, 0.15) is 10.6 Å². The Kier molecular flexibility index (Phi) is 5.51. The van der Waals surface area contributed by atoms with Crippen molar-refractivity contribution in [1.29, 1.82) is 0 Å². The van der Waals surface area contributed by atoms with Crippen LogP contribution in [-0.4, -0.2) is 19.7 Å². The van der Waals surface area contributed by atoms with Crippen molar-refractivity contribution in [1.82, 2.24) is 19.7 Å². The van der Waals surface area contributed by atoms with Gasteiger partial charge in [-0.2, -0.15) is 4.98 Å². The summed E-state index contributed by atoms with van der Waals surface area (Å²) >= 11 is 2.80. The minimum Gasteiger partial charge on any atom is -0.338 e. The number of aryl methyl sites for hydroxylation is 1. The number of nitrogens with zero attached hydrogens (tertiary/aromatic N) is 4. The number of rotatable bonds is 6. The number of thiophene rings is 1. The van der Waals surface area contributed by atoms with E-state index in [1.807, 2.05) is 12.3 Å². The van der Waals surface area contributed by atoms with Crippen LogP contribution in [0.25, 0.3) is 21.3 Å². The highest BCUT2D eigenvalue weighted by Gasteiger charge is 2.21. The molecule has 0 saturated carbocycles. The fraction of sp³-hybridized carbons (Fsp3) is 0.300. The predicted octanol–water partition coefficient (Wildman–Crippen LogP) is 4.99. The quantitative estimate of drug-likeness (QED) is 0.317. The van der Waals surface area contributed by atoms with Crippen molar-refractivity contribution >= 4 is 33.3 Å². The third kappa shape index (κ3) is 3.84. The van der Waals surface area contributed by atoms with Gasteiger partial charge < -0.3 is 4.52 Å². The summed E-state index contributed by atoms with van der Waals surface area (Å²) in [5.74, 6) is 0.899. The van der Waals surface area contributed by atoms with Gasteiger partial charge in [-0.1, -0.05) is 36.0 Å². The smallest absolute Gasteiger partial charge is 0.263 e.